The minimum Gasteiger partial charge on any atom is -0.326 e. The Bertz CT molecular complexity index is 318. The number of rotatable bonds is 5. The van der Waals surface area contributed by atoms with E-state index in [1.165, 1.54) is 19.3 Å². The highest BCUT2D eigenvalue weighted by molar-refractivity contribution is 5.91. The fraction of sp³-hybridized carbons (Fsp3) is 0.929. The van der Waals surface area contributed by atoms with Gasteiger partial charge < -0.3 is 4.90 Å². The van der Waals surface area contributed by atoms with Gasteiger partial charge in [0.1, 0.15) is 0 Å². The minimum absolute atomic E-state index is 0.122. The third kappa shape index (κ3) is 2.22. The maximum Gasteiger partial charge on any atom is 0.244 e. The number of nitrogens with one attached hydrogen (secondary N) is 1. The van der Waals surface area contributed by atoms with Crippen molar-refractivity contribution < 1.29 is 4.79 Å². The number of hydrogen-bond donors (Lipinski definition) is 1. The lowest BCUT2D eigenvalue weighted by molar-refractivity contribution is -0.131. The Hall–Kier alpha value is -0.570. The molecule has 1 spiro atoms. The van der Waals surface area contributed by atoms with E-state index < -0.39 is 0 Å². The molecule has 1 heterocycles. The van der Waals surface area contributed by atoms with E-state index in [-0.39, 0.29) is 5.54 Å². The van der Waals surface area contributed by atoms with Crippen LogP contribution in [0.1, 0.15) is 52.4 Å². The molecule has 0 aromatic carbocycles. The van der Waals surface area contributed by atoms with Gasteiger partial charge in [0.2, 0.25) is 5.91 Å². The molecule has 2 aliphatic carbocycles. The van der Waals surface area contributed by atoms with E-state index in [4.69, 9.17) is 0 Å². The molecule has 0 bridgehead atoms. The third-order valence-electron chi connectivity index (χ3n) is 4.41. The number of nitrogens with zero attached hydrogens (tertiary/aromatic N) is 1. The normalized spacial score (nSPS) is 30.6. The van der Waals surface area contributed by atoms with Crippen LogP contribution in [0, 0.1) is 11.8 Å². The van der Waals surface area contributed by atoms with Crippen molar-refractivity contribution in [2.24, 2.45) is 11.8 Å². The smallest absolute Gasteiger partial charge is 0.244 e. The van der Waals surface area contributed by atoms with Gasteiger partial charge in [0.15, 0.2) is 0 Å². The van der Waals surface area contributed by atoms with Gasteiger partial charge in [-0.05, 0) is 37.5 Å². The molecule has 3 heteroatoms. The molecule has 2 saturated carbocycles. The van der Waals surface area contributed by atoms with Crippen molar-refractivity contribution in [3.05, 3.63) is 0 Å². The van der Waals surface area contributed by atoms with Gasteiger partial charge in [-0.2, -0.15) is 0 Å². The lowest BCUT2D eigenvalue weighted by atomic mass is 10.1. The molecule has 0 radical (unpaired) electrons. The zero-order chi connectivity index (χ0) is 12.0. The average Bonchev–Trinajstić information content (AvgIpc) is 3.10. The molecule has 0 aromatic heterocycles. The van der Waals surface area contributed by atoms with Crippen molar-refractivity contribution in [3.8, 4) is 0 Å². The molecule has 1 amide bonds. The molecule has 3 rings (SSSR count). The largest absolute Gasteiger partial charge is 0.326 e. The maximum absolute atomic E-state index is 12.4. The summed E-state index contributed by atoms with van der Waals surface area (Å²) < 4.78 is 0. The zero-order valence-corrected chi connectivity index (χ0v) is 11.0. The van der Waals surface area contributed by atoms with Gasteiger partial charge in [-0.25, -0.2) is 0 Å². The number of amides is 1. The molecule has 0 aromatic rings. The molecule has 3 fully saturated rings. The second kappa shape index (κ2) is 3.98. The summed E-state index contributed by atoms with van der Waals surface area (Å²) in [5.74, 6) is 1.96. The van der Waals surface area contributed by atoms with Crippen molar-refractivity contribution >= 4 is 5.91 Å². The summed E-state index contributed by atoms with van der Waals surface area (Å²) in [5.41, 5.74) is -0.122. The van der Waals surface area contributed by atoms with Gasteiger partial charge >= 0.3 is 0 Å². The Morgan fingerprint density at radius 2 is 2.12 bits per heavy atom. The maximum atomic E-state index is 12.4. The van der Waals surface area contributed by atoms with Crippen LogP contribution in [-0.2, 0) is 4.79 Å². The molecule has 96 valence electrons. The highest BCUT2D eigenvalue weighted by atomic mass is 16.2. The third-order valence-corrected chi connectivity index (χ3v) is 4.41. The van der Waals surface area contributed by atoms with Crippen LogP contribution in [0.3, 0.4) is 0 Å². The monoisotopic (exact) mass is 236 g/mol. The van der Waals surface area contributed by atoms with Crippen LogP contribution >= 0.6 is 0 Å². The molecule has 17 heavy (non-hydrogen) atoms. The van der Waals surface area contributed by atoms with E-state index in [1.807, 2.05) is 0 Å². The van der Waals surface area contributed by atoms with Gasteiger partial charge in [0.25, 0.3) is 0 Å². The summed E-state index contributed by atoms with van der Waals surface area (Å²) >= 11 is 0. The van der Waals surface area contributed by atoms with Crippen LogP contribution in [0.15, 0.2) is 0 Å². The average molecular weight is 236 g/mol. The van der Waals surface area contributed by atoms with Crippen LogP contribution in [0.4, 0.5) is 0 Å². The molecule has 1 aliphatic heterocycles. The Labute approximate surface area is 104 Å². The number of hydrogen-bond acceptors (Lipinski definition) is 2. The van der Waals surface area contributed by atoms with Crippen molar-refractivity contribution in [1.29, 1.82) is 0 Å². The predicted octanol–water partition coefficient (Wildman–Crippen LogP) is 2.12. The standard InChI is InChI=1S/C14H24N2O/c1-10(2)9-12-15-14(6-7-14)13(17)16(12)8-5-11-3-4-11/h10-12,15H,3-9H2,1-2H3. The first-order chi connectivity index (χ1) is 8.11. The van der Waals surface area contributed by atoms with Crippen LogP contribution < -0.4 is 5.32 Å². The Kier molecular flexibility index (Phi) is 2.69. The molecule has 3 nitrogen and oxygen atoms in total. The van der Waals surface area contributed by atoms with Gasteiger partial charge in [0, 0.05) is 6.54 Å². The SMILES string of the molecule is CC(C)CC1NC2(CC2)C(=O)N1CCC1CC1. The quantitative estimate of drug-likeness (QED) is 0.793. The molecule has 3 aliphatic rings. The molecule has 1 unspecified atom stereocenters. The summed E-state index contributed by atoms with van der Waals surface area (Å²) in [6.07, 6.45) is 7.51. The predicted molar refractivity (Wildman–Crippen MR) is 67.4 cm³/mol. The van der Waals surface area contributed by atoms with Crippen molar-refractivity contribution in [2.75, 3.05) is 6.54 Å². The van der Waals surface area contributed by atoms with Gasteiger partial charge in [0.05, 0.1) is 11.7 Å². The van der Waals surface area contributed by atoms with E-state index in [0.29, 0.717) is 18.0 Å². The van der Waals surface area contributed by atoms with Crippen molar-refractivity contribution in [3.63, 3.8) is 0 Å². The van der Waals surface area contributed by atoms with E-state index in [1.54, 1.807) is 0 Å². The molecule has 1 atom stereocenters. The van der Waals surface area contributed by atoms with Gasteiger partial charge in [-0.3, -0.25) is 10.1 Å². The van der Waals surface area contributed by atoms with E-state index in [9.17, 15) is 4.79 Å². The van der Waals surface area contributed by atoms with Crippen LogP contribution in [0.2, 0.25) is 0 Å². The van der Waals surface area contributed by atoms with Gasteiger partial charge in [-0.1, -0.05) is 26.7 Å². The molecule has 1 N–H and O–H groups in total. The number of carbonyl (C=O) groups excluding carboxylic acids is 1. The second-order valence-corrected chi connectivity index (χ2v) is 6.60. The molecular formula is C14H24N2O. The summed E-state index contributed by atoms with van der Waals surface area (Å²) in [6.45, 7) is 5.46. The lowest BCUT2D eigenvalue weighted by Crippen LogP contribution is -2.39. The summed E-state index contributed by atoms with van der Waals surface area (Å²) in [5, 5.41) is 3.59. The Morgan fingerprint density at radius 3 is 2.65 bits per heavy atom. The molecular weight excluding hydrogens is 212 g/mol. The fourth-order valence-electron chi connectivity index (χ4n) is 2.98. The van der Waals surface area contributed by atoms with E-state index in [2.05, 4.69) is 24.1 Å². The lowest BCUT2D eigenvalue weighted by Gasteiger charge is -2.25. The number of carbonyl (C=O) groups is 1. The van der Waals surface area contributed by atoms with E-state index in [0.717, 1.165) is 31.7 Å². The minimum atomic E-state index is -0.122. The highest BCUT2D eigenvalue weighted by Gasteiger charge is 2.58. The molecule has 1 saturated heterocycles. The fourth-order valence-corrected chi connectivity index (χ4v) is 2.98. The first kappa shape index (κ1) is 11.5. The van der Waals surface area contributed by atoms with Crippen LogP contribution in [0.5, 0.6) is 0 Å². The van der Waals surface area contributed by atoms with Crippen LogP contribution in [0.25, 0.3) is 0 Å². The first-order valence-corrected chi connectivity index (χ1v) is 7.19. The highest BCUT2D eigenvalue weighted by Crippen LogP contribution is 2.43. The Morgan fingerprint density at radius 1 is 1.41 bits per heavy atom. The van der Waals surface area contributed by atoms with E-state index >= 15 is 0 Å². The summed E-state index contributed by atoms with van der Waals surface area (Å²) in [6, 6.07) is 0. The van der Waals surface area contributed by atoms with Crippen molar-refractivity contribution in [1.82, 2.24) is 10.2 Å². The summed E-state index contributed by atoms with van der Waals surface area (Å²) in [7, 11) is 0. The van der Waals surface area contributed by atoms with Crippen LogP contribution in [-0.4, -0.2) is 29.1 Å². The first-order valence-electron chi connectivity index (χ1n) is 7.19. The zero-order valence-electron chi connectivity index (χ0n) is 11.0. The second-order valence-electron chi connectivity index (χ2n) is 6.60. The van der Waals surface area contributed by atoms with Gasteiger partial charge in [-0.15, -0.1) is 0 Å². The Balaban J connectivity index is 1.64. The van der Waals surface area contributed by atoms with Crippen molar-refractivity contribution in [2.45, 2.75) is 64.1 Å². The summed E-state index contributed by atoms with van der Waals surface area (Å²) in [4.78, 5) is 14.5. The topological polar surface area (TPSA) is 32.3 Å².